The summed E-state index contributed by atoms with van der Waals surface area (Å²) in [7, 11) is 1.90. The molecule has 2 atom stereocenters. The first kappa shape index (κ1) is 20.2. The van der Waals surface area contributed by atoms with Crippen LogP contribution in [0.25, 0.3) is 0 Å². The zero-order valence-corrected chi connectivity index (χ0v) is 17.6. The molecule has 1 aliphatic carbocycles. The van der Waals surface area contributed by atoms with E-state index in [0.717, 1.165) is 31.5 Å². The van der Waals surface area contributed by atoms with Gasteiger partial charge in [-0.25, -0.2) is 0 Å². The molecule has 1 saturated carbocycles. The maximum absolute atomic E-state index is 13.1. The quantitative estimate of drug-likeness (QED) is 0.693. The Bertz CT molecular complexity index is 756. The summed E-state index contributed by atoms with van der Waals surface area (Å²) >= 11 is 12.1. The molecule has 2 fully saturated rings. The number of likely N-dealkylation sites (N-methyl/N-ethyl adjacent to an activating group) is 1. The summed E-state index contributed by atoms with van der Waals surface area (Å²) in [4.78, 5) is 17.4. The Hall–Kier alpha value is -1.11. The standard InChI is InChI=1S/C21H26Cl2N2O3/c1-24(20(26)13-15-4-5-16(22)17(23)12-15)19-14-21(27-10-11-28-21)7-6-18(19)25-8-2-3-9-25/h2-5,12,18-19H,6-11,13-14H2,1H3/t18-,19-/m1/s1. The first-order chi connectivity index (χ1) is 13.5. The largest absolute Gasteiger partial charge is 0.347 e. The highest BCUT2D eigenvalue weighted by atomic mass is 35.5. The molecule has 0 unspecified atom stereocenters. The second kappa shape index (κ2) is 8.33. The molecule has 7 heteroatoms. The van der Waals surface area contributed by atoms with Crippen molar-refractivity contribution in [2.75, 3.05) is 33.4 Å². The van der Waals surface area contributed by atoms with Crippen LogP contribution in [0, 0.1) is 0 Å². The van der Waals surface area contributed by atoms with Gasteiger partial charge >= 0.3 is 0 Å². The van der Waals surface area contributed by atoms with Gasteiger partial charge in [-0.2, -0.15) is 0 Å². The number of hydrogen-bond acceptors (Lipinski definition) is 4. The summed E-state index contributed by atoms with van der Waals surface area (Å²) in [6, 6.07) is 5.70. The lowest BCUT2D eigenvalue weighted by Gasteiger charge is -2.47. The molecule has 1 spiro atoms. The smallest absolute Gasteiger partial charge is 0.227 e. The predicted octanol–water partition coefficient (Wildman–Crippen LogP) is 3.53. The van der Waals surface area contributed by atoms with Gasteiger partial charge in [-0.05, 0) is 24.1 Å². The maximum atomic E-state index is 13.1. The SMILES string of the molecule is CN(C(=O)Cc1ccc(Cl)c(Cl)c1)[C@@H]1CC2(CC[C@H]1N1CC=CC1)OCCO2. The van der Waals surface area contributed by atoms with E-state index in [-0.39, 0.29) is 11.9 Å². The molecule has 1 aromatic rings. The first-order valence-corrected chi connectivity index (χ1v) is 10.6. The van der Waals surface area contributed by atoms with E-state index in [1.165, 1.54) is 0 Å². The summed E-state index contributed by atoms with van der Waals surface area (Å²) in [5, 5.41) is 0.970. The van der Waals surface area contributed by atoms with E-state index in [0.29, 0.717) is 42.1 Å². The number of hydrogen-bond donors (Lipinski definition) is 0. The lowest BCUT2D eigenvalue weighted by Crippen LogP contribution is -2.58. The van der Waals surface area contributed by atoms with E-state index in [4.69, 9.17) is 32.7 Å². The van der Waals surface area contributed by atoms with Gasteiger partial charge in [0.2, 0.25) is 5.91 Å². The van der Waals surface area contributed by atoms with Gasteiger partial charge in [0, 0.05) is 39.0 Å². The minimum atomic E-state index is -0.535. The van der Waals surface area contributed by atoms with Gasteiger partial charge in [0.1, 0.15) is 0 Å². The third-order valence-corrected chi connectivity index (χ3v) is 6.88. The van der Waals surface area contributed by atoms with Crippen LogP contribution in [0.5, 0.6) is 0 Å². The Balaban J connectivity index is 1.50. The number of benzene rings is 1. The van der Waals surface area contributed by atoms with Gasteiger partial charge in [-0.1, -0.05) is 41.4 Å². The molecular formula is C21H26Cl2N2O3. The number of halogens is 2. The second-order valence-corrected chi connectivity index (χ2v) is 8.65. The van der Waals surface area contributed by atoms with Crippen LogP contribution in [0.1, 0.15) is 24.8 Å². The highest BCUT2D eigenvalue weighted by Crippen LogP contribution is 2.40. The number of ether oxygens (including phenoxy) is 2. The monoisotopic (exact) mass is 424 g/mol. The summed E-state index contributed by atoms with van der Waals surface area (Å²) < 4.78 is 11.9. The Labute approximate surface area is 176 Å². The molecule has 1 saturated heterocycles. The highest BCUT2D eigenvalue weighted by Gasteiger charge is 2.48. The fourth-order valence-electron chi connectivity index (χ4n) is 4.60. The number of carbonyl (C=O) groups excluding carboxylic acids is 1. The predicted molar refractivity (Wildman–Crippen MR) is 110 cm³/mol. The average molecular weight is 425 g/mol. The van der Waals surface area contributed by atoms with E-state index < -0.39 is 5.79 Å². The molecule has 3 aliphatic rings. The van der Waals surface area contributed by atoms with E-state index in [2.05, 4.69) is 17.1 Å². The van der Waals surface area contributed by atoms with E-state index in [1.54, 1.807) is 12.1 Å². The zero-order chi connectivity index (χ0) is 19.7. The molecule has 0 N–H and O–H groups in total. The minimum Gasteiger partial charge on any atom is -0.347 e. The Morgan fingerprint density at radius 2 is 1.93 bits per heavy atom. The fourth-order valence-corrected chi connectivity index (χ4v) is 4.92. The van der Waals surface area contributed by atoms with Crippen LogP contribution >= 0.6 is 23.2 Å². The lowest BCUT2D eigenvalue weighted by atomic mass is 9.83. The third kappa shape index (κ3) is 4.10. The van der Waals surface area contributed by atoms with Crippen molar-refractivity contribution in [3.05, 3.63) is 46.0 Å². The van der Waals surface area contributed by atoms with Crippen LogP contribution in [0.15, 0.2) is 30.4 Å². The molecule has 5 nitrogen and oxygen atoms in total. The van der Waals surface area contributed by atoms with Gasteiger partial charge in [-0.15, -0.1) is 0 Å². The first-order valence-electron chi connectivity index (χ1n) is 9.84. The molecule has 1 aromatic carbocycles. The van der Waals surface area contributed by atoms with Crippen molar-refractivity contribution in [1.29, 1.82) is 0 Å². The van der Waals surface area contributed by atoms with Gasteiger partial charge in [-0.3, -0.25) is 9.69 Å². The van der Waals surface area contributed by atoms with E-state index in [1.807, 2.05) is 18.0 Å². The molecule has 0 aromatic heterocycles. The fraction of sp³-hybridized carbons (Fsp3) is 0.571. The van der Waals surface area contributed by atoms with E-state index >= 15 is 0 Å². The van der Waals surface area contributed by atoms with Gasteiger partial charge in [0.05, 0.1) is 35.7 Å². The van der Waals surface area contributed by atoms with Crippen molar-refractivity contribution >= 4 is 29.1 Å². The number of amides is 1. The Morgan fingerprint density at radius 3 is 2.61 bits per heavy atom. The minimum absolute atomic E-state index is 0.0435. The molecule has 0 bridgehead atoms. The molecule has 0 radical (unpaired) electrons. The van der Waals surface area contributed by atoms with Crippen LogP contribution in [-0.2, 0) is 20.7 Å². The topological polar surface area (TPSA) is 42.0 Å². The number of nitrogens with zero attached hydrogens (tertiary/aromatic N) is 2. The summed E-state index contributed by atoms with van der Waals surface area (Å²) in [6.45, 7) is 3.13. The molecule has 28 heavy (non-hydrogen) atoms. The Morgan fingerprint density at radius 1 is 1.21 bits per heavy atom. The van der Waals surface area contributed by atoms with Crippen LogP contribution in [0.3, 0.4) is 0 Å². The molecule has 4 rings (SSSR count). The van der Waals surface area contributed by atoms with Gasteiger partial charge in [0.15, 0.2) is 5.79 Å². The highest BCUT2D eigenvalue weighted by molar-refractivity contribution is 6.42. The summed E-state index contributed by atoms with van der Waals surface area (Å²) in [5.41, 5.74) is 0.865. The van der Waals surface area contributed by atoms with Gasteiger partial charge < -0.3 is 14.4 Å². The molecule has 2 heterocycles. The Kier molecular flexibility index (Phi) is 6.00. The van der Waals surface area contributed by atoms with Gasteiger partial charge in [0.25, 0.3) is 0 Å². The van der Waals surface area contributed by atoms with Crippen molar-refractivity contribution < 1.29 is 14.3 Å². The zero-order valence-electron chi connectivity index (χ0n) is 16.1. The van der Waals surface area contributed by atoms with Crippen molar-refractivity contribution in [2.24, 2.45) is 0 Å². The summed E-state index contributed by atoms with van der Waals surface area (Å²) in [6.07, 6.45) is 7.22. The van der Waals surface area contributed by atoms with E-state index in [9.17, 15) is 4.79 Å². The number of carbonyl (C=O) groups is 1. The van der Waals surface area contributed by atoms with Crippen LogP contribution < -0.4 is 0 Å². The van der Waals surface area contributed by atoms with Crippen molar-refractivity contribution in [2.45, 2.75) is 43.6 Å². The van der Waals surface area contributed by atoms with Crippen molar-refractivity contribution in [1.82, 2.24) is 9.80 Å². The molecular weight excluding hydrogens is 399 g/mol. The number of rotatable bonds is 4. The van der Waals surface area contributed by atoms with Crippen LogP contribution in [0.2, 0.25) is 10.0 Å². The molecule has 1 amide bonds. The van der Waals surface area contributed by atoms with Crippen molar-refractivity contribution in [3.63, 3.8) is 0 Å². The average Bonchev–Trinajstić information content (AvgIpc) is 3.37. The normalized spacial score (nSPS) is 26.8. The maximum Gasteiger partial charge on any atom is 0.227 e. The second-order valence-electron chi connectivity index (χ2n) is 7.84. The molecule has 2 aliphatic heterocycles. The van der Waals surface area contributed by atoms with Crippen molar-refractivity contribution in [3.8, 4) is 0 Å². The van der Waals surface area contributed by atoms with Crippen LogP contribution in [0.4, 0.5) is 0 Å². The lowest BCUT2D eigenvalue weighted by molar-refractivity contribution is -0.198. The molecule has 152 valence electrons. The summed E-state index contributed by atoms with van der Waals surface area (Å²) in [5.74, 6) is -0.470. The van der Waals surface area contributed by atoms with Crippen LogP contribution in [-0.4, -0.2) is 66.9 Å². The third-order valence-electron chi connectivity index (χ3n) is 6.14.